The number of carbonyl (C=O) groups excluding carboxylic acids is 1. The van der Waals surface area contributed by atoms with Gasteiger partial charge in [-0.15, -0.1) is 0 Å². The molecule has 5 nitrogen and oxygen atoms in total. The first-order valence-electron chi connectivity index (χ1n) is 6.84. The normalized spacial score (nSPS) is 11.0. The molecule has 2 rings (SSSR count). The quantitative estimate of drug-likeness (QED) is 0.482. The van der Waals surface area contributed by atoms with E-state index >= 15 is 0 Å². The van der Waals surface area contributed by atoms with E-state index < -0.39 is 0 Å². The van der Waals surface area contributed by atoms with E-state index in [0.29, 0.717) is 22.6 Å². The zero-order valence-corrected chi connectivity index (χ0v) is 13.1. The van der Waals surface area contributed by atoms with Crippen LogP contribution in [0.15, 0.2) is 34.2 Å². The van der Waals surface area contributed by atoms with Crippen molar-refractivity contribution >= 4 is 28.6 Å². The summed E-state index contributed by atoms with van der Waals surface area (Å²) < 4.78 is 6.67. The van der Waals surface area contributed by atoms with Crippen molar-refractivity contribution < 1.29 is 9.53 Å². The van der Waals surface area contributed by atoms with Gasteiger partial charge < -0.3 is 4.74 Å². The van der Waals surface area contributed by atoms with Gasteiger partial charge in [0, 0.05) is 6.54 Å². The molecule has 0 amide bonds. The number of rotatable bonds is 5. The topological polar surface area (TPSA) is 61.2 Å². The lowest BCUT2D eigenvalue weighted by atomic mass is 10.2. The maximum atomic E-state index is 12.4. The molecule has 1 heterocycles. The van der Waals surface area contributed by atoms with E-state index in [9.17, 15) is 9.59 Å². The van der Waals surface area contributed by atoms with Gasteiger partial charge in [-0.2, -0.15) is 0 Å². The lowest BCUT2D eigenvalue weighted by Gasteiger charge is -2.11. The minimum atomic E-state index is -0.305. The Bertz CT molecular complexity index is 710. The van der Waals surface area contributed by atoms with E-state index in [1.807, 2.05) is 19.1 Å². The van der Waals surface area contributed by atoms with Crippen molar-refractivity contribution in [2.75, 3.05) is 5.75 Å². The number of esters is 1. The monoisotopic (exact) mass is 306 g/mol. The fourth-order valence-corrected chi connectivity index (χ4v) is 2.80. The van der Waals surface area contributed by atoms with E-state index in [1.54, 1.807) is 30.5 Å². The summed E-state index contributed by atoms with van der Waals surface area (Å²) in [5.74, 6) is -0.164. The Labute approximate surface area is 127 Å². The minimum absolute atomic E-state index is 0.0807. The molecule has 0 atom stereocenters. The molecule has 0 N–H and O–H groups in total. The van der Waals surface area contributed by atoms with Crippen LogP contribution in [0.4, 0.5) is 0 Å². The third-order valence-corrected chi connectivity index (χ3v) is 3.78. The zero-order chi connectivity index (χ0) is 15.4. The molecule has 0 aliphatic heterocycles. The van der Waals surface area contributed by atoms with Crippen molar-refractivity contribution in [3.05, 3.63) is 34.6 Å². The van der Waals surface area contributed by atoms with Gasteiger partial charge in [0.05, 0.1) is 22.8 Å². The summed E-state index contributed by atoms with van der Waals surface area (Å²) in [6.07, 6.45) is -0.143. The lowest BCUT2D eigenvalue weighted by molar-refractivity contribution is -0.144. The summed E-state index contributed by atoms with van der Waals surface area (Å²) in [5, 5.41) is 1.13. The molecule has 0 saturated heterocycles. The molecule has 6 heteroatoms. The van der Waals surface area contributed by atoms with Gasteiger partial charge >= 0.3 is 5.97 Å². The number of para-hydroxylation sites is 1. The molecule has 0 bridgehead atoms. The van der Waals surface area contributed by atoms with Gasteiger partial charge in [0.25, 0.3) is 5.56 Å². The van der Waals surface area contributed by atoms with Crippen LogP contribution in [-0.2, 0) is 16.1 Å². The Hall–Kier alpha value is -1.82. The van der Waals surface area contributed by atoms with E-state index in [0.717, 1.165) is 0 Å². The molecule has 0 aliphatic carbocycles. The molecule has 0 radical (unpaired) electrons. The summed E-state index contributed by atoms with van der Waals surface area (Å²) in [6.45, 7) is 6.00. The molecule has 21 heavy (non-hydrogen) atoms. The van der Waals surface area contributed by atoms with Gasteiger partial charge in [0.1, 0.15) is 0 Å². The summed E-state index contributed by atoms with van der Waals surface area (Å²) in [4.78, 5) is 28.5. The summed E-state index contributed by atoms with van der Waals surface area (Å²) >= 11 is 1.23. The molecular weight excluding hydrogens is 288 g/mol. The number of hydrogen-bond acceptors (Lipinski definition) is 5. The van der Waals surface area contributed by atoms with Crippen molar-refractivity contribution in [1.82, 2.24) is 9.55 Å². The Morgan fingerprint density at radius 3 is 2.76 bits per heavy atom. The molecule has 0 unspecified atom stereocenters. The highest BCUT2D eigenvalue weighted by Crippen LogP contribution is 2.18. The summed E-state index contributed by atoms with van der Waals surface area (Å²) in [7, 11) is 0. The number of ether oxygens (including phenoxy) is 1. The minimum Gasteiger partial charge on any atom is -0.462 e. The highest BCUT2D eigenvalue weighted by atomic mass is 32.2. The van der Waals surface area contributed by atoms with Crippen molar-refractivity contribution in [2.24, 2.45) is 0 Å². The fourth-order valence-electron chi connectivity index (χ4n) is 1.96. The van der Waals surface area contributed by atoms with Gasteiger partial charge in [-0.05, 0) is 32.9 Å². The van der Waals surface area contributed by atoms with Gasteiger partial charge in [0.2, 0.25) is 0 Å². The van der Waals surface area contributed by atoms with Crippen LogP contribution >= 0.6 is 11.8 Å². The van der Waals surface area contributed by atoms with Crippen LogP contribution in [0.1, 0.15) is 20.8 Å². The molecule has 0 fully saturated rings. The Morgan fingerprint density at radius 2 is 2.10 bits per heavy atom. The molecule has 112 valence electrons. The number of carbonyl (C=O) groups is 1. The Balaban J connectivity index is 2.31. The first-order valence-corrected chi connectivity index (χ1v) is 7.83. The van der Waals surface area contributed by atoms with Crippen LogP contribution < -0.4 is 5.56 Å². The van der Waals surface area contributed by atoms with Crippen molar-refractivity contribution in [3.63, 3.8) is 0 Å². The van der Waals surface area contributed by atoms with Crippen molar-refractivity contribution in [1.29, 1.82) is 0 Å². The number of nitrogens with zero attached hydrogens (tertiary/aromatic N) is 2. The van der Waals surface area contributed by atoms with Crippen LogP contribution in [0, 0.1) is 0 Å². The largest absolute Gasteiger partial charge is 0.462 e. The second-order valence-corrected chi connectivity index (χ2v) is 5.73. The summed E-state index contributed by atoms with van der Waals surface area (Å²) in [6, 6.07) is 7.22. The average Bonchev–Trinajstić information content (AvgIpc) is 2.44. The molecule has 1 aromatic carbocycles. The van der Waals surface area contributed by atoms with Crippen LogP contribution in [0.25, 0.3) is 10.9 Å². The first-order chi connectivity index (χ1) is 10.0. The average molecular weight is 306 g/mol. The molecular formula is C15H18N2O3S. The fraction of sp³-hybridized carbons (Fsp3) is 0.400. The number of hydrogen-bond donors (Lipinski definition) is 0. The van der Waals surface area contributed by atoms with Gasteiger partial charge in [-0.1, -0.05) is 23.9 Å². The SMILES string of the molecule is CCn1c(SCC(=O)OC(C)C)nc2ccccc2c1=O. The van der Waals surface area contributed by atoms with E-state index in [1.165, 1.54) is 11.8 Å². The highest BCUT2D eigenvalue weighted by molar-refractivity contribution is 7.99. The lowest BCUT2D eigenvalue weighted by Crippen LogP contribution is -2.23. The predicted octanol–water partition coefficient (Wildman–Crippen LogP) is 2.46. The van der Waals surface area contributed by atoms with Gasteiger partial charge in [-0.25, -0.2) is 4.98 Å². The predicted molar refractivity (Wildman–Crippen MR) is 83.6 cm³/mol. The van der Waals surface area contributed by atoms with Crippen LogP contribution in [0.3, 0.4) is 0 Å². The summed E-state index contributed by atoms with van der Waals surface area (Å²) in [5.41, 5.74) is 0.565. The van der Waals surface area contributed by atoms with E-state index in [2.05, 4.69) is 4.98 Å². The second-order valence-electron chi connectivity index (χ2n) is 4.79. The van der Waals surface area contributed by atoms with Crippen LogP contribution in [0.2, 0.25) is 0 Å². The van der Waals surface area contributed by atoms with Crippen LogP contribution in [-0.4, -0.2) is 27.4 Å². The third-order valence-electron chi connectivity index (χ3n) is 2.83. The van der Waals surface area contributed by atoms with Crippen molar-refractivity contribution in [2.45, 2.75) is 38.6 Å². The molecule has 1 aromatic heterocycles. The number of thioether (sulfide) groups is 1. The van der Waals surface area contributed by atoms with Gasteiger partial charge in [-0.3, -0.25) is 14.2 Å². The third kappa shape index (κ3) is 3.64. The Kier molecular flexibility index (Phi) is 5.01. The molecule has 0 saturated carbocycles. The zero-order valence-electron chi connectivity index (χ0n) is 12.3. The molecule has 0 aliphatic rings. The highest BCUT2D eigenvalue weighted by Gasteiger charge is 2.13. The Morgan fingerprint density at radius 1 is 1.38 bits per heavy atom. The molecule has 2 aromatic rings. The van der Waals surface area contributed by atoms with E-state index in [-0.39, 0.29) is 23.4 Å². The van der Waals surface area contributed by atoms with Crippen LogP contribution in [0.5, 0.6) is 0 Å². The van der Waals surface area contributed by atoms with E-state index in [4.69, 9.17) is 4.74 Å². The van der Waals surface area contributed by atoms with Crippen molar-refractivity contribution in [3.8, 4) is 0 Å². The second kappa shape index (κ2) is 6.76. The number of benzene rings is 1. The smallest absolute Gasteiger partial charge is 0.316 e. The standard InChI is InChI=1S/C15H18N2O3S/c1-4-17-14(19)11-7-5-6-8-12(11)16-15(17)21-9-13(18)20-10(2)3/h5-8,10H,4,9H2,1-3H3. The van der Waals surface area contributed by atoms with Gasteiger partial charge in [0.15, 0.2) is 5.16 Å². The number of fused-ring (bicyclic) bond motifs is 1. The number of aromatic nitrogens is 2. The first kappa shape index (κ1) is 15.6. The maximum Gasteiger partial charge on any atom is 0.316 e. The maximum absolute atomic E-state index is 12.4. The molecule has 0 spiro atoms.